The summed E-state index contributed by atoms with van der Waals surface area (Å²) in [6.07, 6.45) is 5.32. The van der Waals surface area contributed by atoms with Crippen molar-refractivity contribution in [1.82, 2.24) is 14.3 Å². The largest absolute Gasteiger partial charge is 0.293 e. The van der Waals surface area contributed by atoms with Crippen molar-refractivity contribution in [2.24, 2.45) is 0 Å². The van der Waals surface area contributed by atoms with Crippen LogP contribution >= 0.6 is 0 Å². The maximum atomic E-state index is 12.0. The van der Waals surface area contributed by atoms with Crippen molar-refractivity contribution in [1.29, 1.82) is 0 Å². The number of hydrogen-bond donors (Lipinski definition) is 1. The van der Waals surface area contributed by atoms with E-state index in [-0.39, 0.29) is 11.9 Å². The van der Waals surface area contributed by atoms with Gasteiger partial charge in [-0.25, -0.2) is 18.4 Å². The van der Waals surface area contributed by atoms with Crippen LogP contribution in [0.3, 0.4) is 0 Å². The molecule has 0 spiro atoms. The van der Waals surface area contributed by atoms with Crippen molar-refractivity contribution in [3.8, 4) is 0 Å². The Morgan fingerprint density at radius 2 is 2.11 bits per heavy atom. The Morgan fingerprint density at radius 1 is 1.44 bits per heavy atom. The summed E-state index contributed by atoms with van der Waals surface area (Å²) in [6.45, 7) is 0.382. The number of nitrogens with one attached hydrogen (secondary N) is 1. The highest BCUT2D eigenvalue weighted by atomic mass is 32.2. The molecule has 7 nitrogen and oxygen atoms in total. The highest BCUT2D eigenvalue weighted by Gasteiger charge is 2.36. The fourth-order valence-electron chi connectivity index (χ4n) is 1.96. The van der Waals surface area contributed by atoms with Crippen molar-refractivity contribution in [3.05, 3.63) is 18.5 Å². The van der Waals surface area contributed by atoms with Gasteiger partial charge in [-0.3, -0.25) is 10.1 Å². The van der Waals surface area contributed by atoms with E-state index in [9.17, 15) is 13.2 Å². The second-order valence-electron chi connectivity index (χ2n) is 4.09. The van der Waals surface area contributed by atoms with Gasteiger partial charge in [0.05, 0.1) is 6.26 Å². The Kier molecular flexibility index (Phi) is 3.58. The Labute approximate surface area is 105 Å². The zero-order valence-electron chi connectivity index (χ0n) is 9.91. The van der Waals surface area contributed by atoms with Crippen LogP contribution in [-0.4, -0.2) is 47.4 Å². The van der Waals surface area contributed by atoms with Crippen LogP contribution in [0.4, 0.5) is 5.95 Å². The van der Waals surface area contributed by atoms with E-state index >= 15 is 0 Å². The molecule has 2 rings (SSSR count). The molecule has 8 heteroatoms. The smallest absolute Gasteiger partial charge is 0.245 e. The molecule has 1 amide bonds. The molecular weight excluding hydrogens is 256 g/mol. The van der Waals surface area contributed by atoms with E-state index in [1.165, 1.54) is 16.7 Å². The highest BCUT2D eigenvalue weighted by Crippen LogP contribution is 2.21. The molecule has 1 atom stereocenters. The first-order valence-corrected chi connectivity index (χ1v) is 7.38. The fraction of sp³-hybridized carbons (Fsp3) is 0.500. The SMILES string of the molecule is CS(=O)(=O)N1CCCC1C(=O)Nc1ncccn1. The number of rotatable bonds is 3. The van der Waals surface area contributed by atoms with Crippen LogP contribution in [0.5, 0.6) is 0 Å². The first-order valence-electron chi connectivity index (χ1n) is 5.53. The summed E-state index contributed by atoms with van der Waals surface area (Å²) in [4.78, 5) is 19.7. The molecule has 0 bridgehead atoms. The molecule has 0 radical (unpaired) electrons. The Bertz CT molecular complexity index is 531. The number of hydrogen-bond acceptors (Lipinski definition) is 5. The minimum Gasteiger partial charge on any atom is -0.293 e. The molecule has 98 valence electrons. The molecule has 0 aliphatic carbocycles. The zero-order chi connectivity index (χ0) is 13.2. The number of anilines is 1. The summed E-state index contributed by atoms with van der Waals surface area (Å²) in [5, 5.41) is 2.52. The number of amides is 1. The average molecular weight is 270 g/mol. The summed E-state index contributed by atoms with van der Waals surface area (Å²) in [6, 6.07) is 0.970. The number of carbonyl (C=O) groups excluding carboxylic acids is 1. The van der Waals surface area contributed by atoms with Gasteiger partial charge in [-0.15, -0.1) is 0 Å². The van der Waals surface area contributed by atoms with Crippen LogP contribution in [0.2, 0.25) is 0 Å². The van der Waals surface area contributed by atoms with Gasteiger partial charge in [-0.2, -0.15) is 4.31 Å². The third-order valence-electron chi connectivity index (χ3n) is 2.73. The van der Waals surface area contributed by atoms with Crippen LogP contribution in [0.25, 0.3) is 0 Å². The highest BCUT2D eigenvalue weighted by molar-refractivity contribution is 7.88. The molecule has 2 heterocycles. The Balaban J connectivity index is 2.10. The zero-order valence-corrected chi connectivity index (χ0v) is 10.7. The van der Waals surface area contributed by atoms with Crippen LogP contribution in [-0.2, 0) is 14.8 Å². The van der Waals surface area contributed by atoms with Crippen molar-refractivity contribution in [2.45, 2.75) is 18.9 Å². The van der Waals surface area contributed by atoms with Crippen molar-refractivity contribution < 1.29 is 13.2 Å². The van der Waals surface area contributed by atoms with E-state index in [2.05, 4.69) is 15.3 Å². The first-order chi connectivity index (χ1) is 8.48. The second-order valence-corrected chi connectivity index (χ2v) is 6.03. The van der Waals surface area contributed by atoms with E-state index < -0.39 is 16.1 Å². The lowest BCUT2D eigenvalue weighted by atomic mass is 10.2. The molecule has 1 aromatic rings. The molecule has 0 saturated carbocycles. The maximum absolute atomic E-state index is 12.0. The Hall–Kier alpha value is -1.54. The van der Waals surface area contributed by atoms with E-state index in [0.29, 0.717) is 19.4 Å². The van der Waals surface area contributed by atoms with Gasteiger partial charge in [0.1, 0.15) is 6.04 Å². The number of nitrogens with zero attached hydrogens (tertiary/aromatic N) is 3. The summed E-state index contributed by atoms with van der Waals surface area (Å²) < 4.78 is 24.2. The van der Waals surface area contributed by atoms with Gasteiger partial charge in [-0.05, 0) is 18.9 Å². The minimum absolute atomic E-state index is 0.183. The van der Waals surface area contributed by atoms with Crippen LogP contribution in [0, 0.1) is 0 Å². The minimum atomic E-state index is -3.36. The number of sulfonamides is 1. The summed E-state index contributed by atoms with van der Waals surface area (Å²) in [5.41, 5.74) is 0. The van der Waals surface area contributed by atoms with E-state index in [1.54, 1.807) is 6.07 Å². The van der Waals surface area contributed by atoms with Crippen molar-refractivity contribution in [3.63, 3.8) is 0 Å². The van der Waals surface area contributed by atoms with Crippen molar-refractivity contribution >= 4 is 21.9 Å². The standard InChI is InChI=1S/C10H14N4O3S/c1-18(16,17)14-7-2-4-8(14)9(15)13-10-11-5-3-6-12-10/h3,5-6,8H,2,4,7H2,1H3,(H,11,12,13,15). The van der Waals surface area contributed by atoms with Crippen LogP contribution in [0.15, 0.2) is 18.5 Å². The Morgan fingerprint density at radius 3 is 2.72 bits per heavy atom. The third kappa shape index (κ3) is 2.82. The van der Waals surface area contributed by atoms with Gasteiger partial charge in [0, 0.05) is 18.9 Å². The first kappa shape index (κ1) is 12.9. The molecule has 1 aliphatic heterocycles. The van der Waals surface area contributed by atoms with Gasteiger partial charge in [0.2, 0.25) is 21.9 Å². The molecule has 1 aliphatic rings. The van der Waals surface area contributed by atoms with Gasteiger partial charge >= 0.3 is 0 Å². The van der Waals surface area contributed by atoms with Gasteiger partial charge < -0.3 is 0 Å². The van der Waals surface area contributed by atoms with Crippen LogP contribution < -0.4 is 5.32 Å². The lowest BCUT2D eigenvalue weighted by molar-refractivity contribution is -0.119. The molecule has 18 heavy (non-hydrogen) atoms. The predicted molar refractivity (Wildman–Crippen MR) is 65.2 cm³/mol. The third-order valence-corrected chi connectivity index (χ3v) is 4.02. The lowest BCUT2D eigenvalue weighted by Crippen LogP contribution is -2.42. The molecule has 0 aromatic carbocycles. The van der Waals surface area contributed by atoms with E-state index in [4.69, 9.17) is 0 Å². The fourth-order valence-corrected chi connectivity index (χ4v) is 3.08. The average Bonchev–Trinajstić information content (AvgIpc) is 2.79. The monoisotopic (exact) mass is 270 g/mol. The maximum Gasteiger partial charge on any atom is 0.245 e. The van der Waals surface area contributed by atoms with Gasteiger partial charge in [-0.1, -0.05) is 0 Å². The summed E-state index contributed by atoms with van der Waals surface area (Å²) >= 11 is 0. The predicted octanol–water partition coefficient (Wildman–Crippen LogP) is -0.161. The molecule has 1 N–H and O–H groups in total. The van der Waals surface area contributed by atoms with Gasteiger partial charge in [0.25, 0.3) is 0 Å². The van der Waals surface area contributed by atoms with E-state index in [0.717, 1.165) is 6.26 Å². The molecule has 1 fully saturated rings. The topological polar surface area (TPSA) is 92.3 Å². The quantitative estimate of drug-likeness (QED) is 0.824. The lowest BCUT2D eigenvalue weighted by Gasteiger charge is -2.20. The molecule has 1 aromatic heterocycles. The summed E-state index contributed by atoms with van der Waals surface area (Å²) in [7, 11) is -3.36. The molecule has 1 unspecified atom stereocenters. The van der Waals surface area contributed by atoms with E-state index in [1.807, 2.05) is 0 Å². The normalized spacial score (nSPS) is 20.8. The summed E-state index contributed by atoms with van der Waals surface area (Å²) in [5.74, 6) is -0.202. The molecule has 1 saturated heterocycles. The van der Waals surface area contributed by atoms with Crippen molar-refractivity contribution in [2.75, 3.05) is 18.1 Å². The van der Waals surface area contributed by atoms with Crippen LogP contribution in [0.1, 0.15) is 12.8 Å². The molecular formula is C10H14N4O3S. The number of aromatic nitrogens is 2. The second kappa shape index (κ2) is 4.99. The number of carbonyl (C=O) groups is 1. The van der Waals surface area contributed by atoms with Gasteiger partial charge in [0.15, 0.2) is 0 Å².